The van der Waals surface area contributed by atoms with Crippen LogP contribution in [-0.2, 0) is 0 Å². The molecule has 2 rings (SSSR count). The molecule has 0 amide bonds. The summed E-state index contributed by atoms with van der Waals surface area (Å²) >= 11 is 0. The van der Waals surface area contributed by atoms with E-state index in [9.17, 15) is 0 Å². The zero-order valence-corrected chi connectivity index (χ0v) is 12.7. The van der Waals surface area contributed by atoms with Crippen molar-refractivity contribution in [2.45, 2.75) is 52.1 Å². The van der Waals surface area contributed by atoms with Gasteiger partial charge >= 0.3 is 0 Å². The Bertz CT molecular complexity index is 381. The molecular weight excluding hydrogens is 232 g/mol. The van der Waals surface area contributed by atoms with Crippen molar-refractivity contribution >= 4 is 0 Å². The van der Waals surface area contributed by atoms with Gasteiger partial charge in [0.05, 0.1) is 0 Å². The summed E-state index contributed by atoms with van der Waals surface area (Å²) in [6.07, 6.45) is 3.85. The Labute approximate surface area is 118 Å². The molecule has 1 aliphatic rings. The summed E-state index contributed by atoms with van der Waals surface area (Å²) in [5.74, 6) is 0. The normalized spacial score (nSPS) is 19.5. The molecular formula is C17H28N2. The van der Waals surface area contributed by atoms with Crippen LogP contribution in [0.15, 0.2) is 24.3 Å². The van der Waals surface area contributed by atoms with Crippen molar-refractivity contribution in [3.05, 3.63) is 35.4 Å². The first-order chi connectivity index (χ1) is 9.20. The van der Waals surface area contributed by atoms with Gasteiger partial charge in [0, 0.05) is 12.1 Å². The second-order valence-electron chi connectivity index (χ2n) is 5.86. The van der Waals surface area contributed by atoms with E-state index in [0.29, 0.717) is 12.1 Å². The van der Waals surface area contributed by atoms with E-state index < -0.39 is 0 Å². The molecule has 1 heterocycles. The highest BCUT2D eigenvalue weighted by Crippen LogP contribution is 2.20. The van der Waals surface area contributed by atoms with Gasteiger partial charge in [-0.25, -0.2) is 0 Å². The van der Waals surface area contributed by atoms with Gasteiger partial charge in [-0.15, -0.1) is 0 Å². The molecule has 1 aromatic rings. The van der Waals surface area contributed by atoms with Crippen LogP contribution in [0.1, 0.15) is 50.3 Å². The van der Waals surface area contributed by atoms with Gasteiger partial charge in [-0.3, -0.25) is 0 Å². The smallest absolute Gasteiger partial charge is 0.0296 e. The number of aryl methyl sites for hydroxylation is 1. The lowest BCUT2D eigenvalue weighted by Gasteiger charge is -2.34. The summed E-state index contributed by atoms with van der Waals surface area (Å²) < 4.78 is 0. The number of hydrogen-bond donors (Lipinski definition) is 1. The molecule has 0 aromatic heterocycles. The molecule has 106 valence electrons. The van der Waals surface area contributed by atoms with Crippen LogP contribution in [-0.4, -0.2) is 30.6 Å². The topological polar surface area (TPSA) is 15.3 Å². The number of hydrogen-bond acceptors (Lipinski definition) is 2. The fraction of sp³-hybridized carbons (Fsp3) is 0.647. The minimum atomic E-state index is 0.462. The zero-order valence-electron chi connectivity index (χ0n) is 12.7. The molecule has 1 atom stereocenters. The van der Waals surface area contributed by atoms with Gasteiger partial charge in [0.2, 0.25) is 0 Å². The minimum Gasteiger partial charge on any atom is -0.307 e. The number of benzene rings is 1. The molecule has 1 fully saturated rings. The molecule has 1 aliphatic heterocycles. The predicted octanol–water partition coefficient (Wildman–Crippen LogP) is 3.52. The van der Waals surface area contributed by atoms with Crippen LogP contribution < -0.4 is 5.32 Å². The van der Waals surface area contributed by atoms with Gasteiger partial charge in [-0.1, -0.05) is 31.2 Å². The van der Waals surface area contributed by atoms with E-state index >= 15 is 0 Å². The first kappa shape index (κ1) is 14.5. The quantitative estimate of drug-likeness (QED) is 0.871. The lowest BCUT2D eigenvalue weighted by molar-refractivity contribution is 0.192. The Balaban J connectivity index is 1.84. The monoisotopic (exact) mass is 260 g/mol. The summed E-state index contributed by atoms with van der Waals surface area (Å²) in [6, 6.07) is 9.86. The maximum absolute atomic E-state index is 3.81. The van der Waals surface area contributed by atoms with Crippen molar-refractivity contribution in [1.29, 1.82) is 0 Å². The van der Waals surface area contributed by atoms with E-state index in [2.05, 4.69) is 55.3 Å². The molecule has 1 N–H and O–H groups in total. The number of nitrogens with zero attached hydrogens (tertiary/aromatic N) is 1. The Kier molecular flexibility index (Phi) is 5.41. The predicted molar refractivity (Wildman–Crippen MR) is 82.5 cm³/mol. The molecule has 0 radical (unpaired) electrons. The third-order valence-corrected chi connectivity index (χ3v) is 4.27. The van der Waals surface area contributed by atoms with Gasteiger partial charge < -0.3 is 10.2 Å². The van der Waals surface area contributed by atoms with Crippen LogP contribution in [0.3, 0.4) is 0 Å². The van der Waals surface area contributed by atoms with E-state index in [4.69, 9.17) is 0 Å². The lowest BCUT2D eigenvalue weighted by Crippen LogP contribution is -2.43. The van der Waals surface area contributed by atoms with E-state index in [1.807, 2.05) is 0 Å². The van der Waals surface area contributed by atoms with Gasteiger partial charge in [-0.2, -0.15) is 0 Å². The third-order valence-electron chi connectivity index (χ3n) is 4.27. The van der Waals surface area contributed by atoms with Gasteiger partial charge in [0.15, 0.2) is 0 Å². The fourth-order valence-corrected chi connectivity index (χ4v) is 3.16. The molecule has 0 unspecified atom stereocenters. The van der Waals surface area contributed by atoms with Crippen LogP contribution in [0.2, 0.25) is 0 Å². The van der Waals surface area contributed by atoms with Crippen LogP contribution >= 0.6 is 0 Å². The second kappa shape index (κ2) is 7.06. The maximum atomic E-state index is 3.81. The van der Waals surface area contributed by atoms with Crippen molar-refractivity contribution in [2.24, 2.45) is 0 Å². The van der Waals surface area contributed by atoms with Crippen molar-refractivity contribution < 1.29 is 0 Å². The van der Waals surface area contributed by atoms with Gasteiger partial charge in [0.25, 0.3) is 0 Å². The molecule has 0 aliphatic carbocycles. The highest BCUT2D eigenvalue weighted by Gasteiger charge is 2.20. The molecule has 1 aromatic carbocycles. The van der Waals surface area contributed by atoms with Crippen molar-refractivity contribution in [3.8, 4) is 0 Å². The SMILES string of the molecule is CCCN1CCC(N[C@H](C)c2ccccc2C)CC1. The fourth-order valence-electron chi connectivity index (χ4n) is 3.16. The van der Waals surface area contributed by atoms with Crippen molar-refractivity contribution in [1.82, 2.24) is 10.2 Å². The molecule has 2 nitrogen and oxygen atoms in total. The first-order valence-electron chi connectivity index (χ1n) is 7.74. The Morgan fingerprint density at radius 1 is 1.26 bits per heavy atom. The first-order valence-corrected chi connectivity index (χ1v) is 7.74. The molecule has 0 saturated carbocycles. The molecule has 2 heteroatoms. The standard InChI is InChI=1S/C17H28N2/c1-4-11-19-12-9-16(10-13-19)18-15(3)17-8-6-5-7-14(17)2/h5-8,15-16,18H,4,9-13H2,1-3H3/t15-/m1/s1. The lowest BCUT2D eigenvalue weighted by atomic mass is 9.99. The summed E-state index contributed by atoms with van der Waals surface area (Å²) in [5.41, 5.74) is 2.84. The van der Waals surface area contributed by atoms with Crippen LogP contribution in [0.5, 0.6) is 0 Å². The van der Waals surface area contributed by atoms with E-state index in [1.165, 1.54) is 50.0 Å². The Morgan fingerprint density at radius 3 is 2.58 bits per heavy atom. The largest absolute Gasteiger partial charge is 0.307 e. The van der Waals surface area contributed by atoms with Gasteiger partial charge in [-0.05, 0) is 63.9 Å². The Hall–Kier alpha value is -0.860. The zero-order chi connectivity index (χ0) is 13.7. The average Bonchev–Trinajstić information content (AvgIpc) is 2.42. The van der Waals surface area contributed by atoms with Crippen LogP contribution in [0.25, 0.3) is 0 Å². The average molecular weight is 260 g/mol. The second-order valence-corrected chi connectivity index (χ2v) is 5.86. The summed E-state index contributed by atoms with van der Waals surface area (Å²) in [6.45, 7) is 10.5. The van der Waals surface area contributed by atoms with E-state index in [0.717, 1.165) is 0 Å². The highest BCUT2D eigenvalue weighted by molar-refractivity contribution is 5.28. The van der Waals surface area contributed by atoms with E-state index in [1.54, 1.807) is 0 Å². The summed E-state index contributed by atoms with van der Waals surface area (Å²) in [5, 5.41) is 3.81. The highest BCUT2D eigenvalue weighted by atomic mass is 15.1. The molecule has 19 heavy (non-hydrogen) atoms. The third kappa shape index (κ3) is 4.05. The molecule has 0 spiro atoms. The molecule has 0 bridgehead atoms. The van der Waals surface area contributed by atoms with Crippen molar-refractivity contribution in [2.75, 3.05) is 19.6 Å². The maximum Gasteiger partial charge on any atom is 0.0296 e. The molecule has 1 saturated heterocycles. The number of piperidine rings is 1. The number of rotatable bonds is 5. The van der Waals surface area contributed by atoms with Crippen molar-refractivity contribution in [3.63, 3.8) is 0 Å². The number of likely N-dealkylation sites (tertiary alicyclic amines) is 1. The minimum absolute atomic E-state index is 0.462. The van der Waals surface area contributed by atoms with Crippen LogP contribution in [0.4, 0.5) is 0 Å². The van der Waals surface area contributed by atoms with Gasteiger partial charge in [0.1, 0.15) is 0 Å². The van der Waals surface area contributed by atoms with Crippen LogP contribution in [0, 0.1) is 6.92 Å². The summed E-state index contributed by atoms with van der Waals surface area (Å²) in [4.78, 5) is 2.59. The number of nitrogens with one attached hydrogen (secondary N) is 1. The summed E-state index contributed by atoms with van der Waals surface area (Å²) in [7, 11) is 0. The Morgan fingerprint density at radius 2 is 1.95 bits per heavy atom. The van der Waals surface area contributed by atoms with E-state index in [-0.39, 0.29) is 0 Å².